The highest BCUT2D eigenvalue weighted by Gasteiger charge is 2.60. The maximum absolute atomic E-state index is 4.70. The van der Waals surface area contributed by atoms with Crippen molar-refractivity contribution in [3.63, 3.8) is 0 Å². The molecule has 1 saturated carbocycles. The Kier molecular flexibility index (Phi) is 6.67. The average Bonchev–Trinajstić information content (AvgIpc) is 3.43. The van der Waals surface area contributed by atoms with Crippen LogP contribution in [0, 0.1) is 12.8 Å². The smallest absolute Gasteiger partial charge is 0.131 e. The van der Waals surface area contributed by atoms with Gasteiger partial charge in [0.25, 0.3) is 0 Å². The van der Waals surface area contributed by atoms with E-state index >= 15 is 0 Å². The van der Waals surface area contributed by atoms with Crippen LogP contribution in [0.4, 0.5) is 0 Å². The van der Waals surface area contributed by atoms with Crippen molar-refractivity contribution >= 4 is 28.5 Å². The van der Waals surface area contributed by atoms with Crippen molar-refractivity contribution in [2.75, 3.05) is 39.5 Å². The van der Waals surface area contributed by atoms with Gasteiger partial charge in [-0.05, 0) is 62.6 Å². The number of hydrogen-bond donors (Lipinski definition) is 0. The minimum Gasteiger partial charge on any atom is -0.348 e. The van der Waals surface area contributed by atoms with Crippen molar-refractivity contribution in [1.29, 1.82) is 0 Å². The lowest BCUT2D eigenvalue weighted by atomic mass is 9.95. The fraction of sp³-hybridized carbons (Fsp3) is 0.448. The summed E-state index contributed by atoms with van der Waals surface area (Å²) < 4.78 is 0. The van der Waals surface area contributed by atoms with Crippen LogP contribution < -0.4 is 0 Å². The monoisotopic (exact) mass is 472 g/mol. The standard InChI is InChI=1S/C29H36N4S/c1-21-14-15-25-26(12-8-13-27(25)31-21)28(30-3)32(4)22(2)34-17-9-16-33-19-24-18-29(24,20-33)23-10-6-5-7-11-23/h5-8,10-15,22,24H,9,16-20H2,1-4H3/b30-28-. The lowest BCUT2D eigenvalue weighted by molar-refractivity contribution is 0.299. The quantitative estimate of drug-likeness (QED) is 0.185. The number of hydrogen-bond acceptors (Lipinski definition) is 4. The zero-order valence-corrected chi connectivity index (χ0v) is 21.7. The van der Waals surface area contributed by atoms with Gasteiger partial charge in [-0.25, -0.2) is 0 Å². The highest BCUT2D eigenvalue weighted by Crippen LogP contribution is 2.58. The Hall–Kier alpha value is -2.37. The first-order valence-corrected chi connectivity index (χ1v) is 13.5. The number of amidine groups is 1. The molecule has 0 spiro atoms. The number of rotatable bonds is 8. The van der Waals surface area contributed by atoms with E-state index in [-0.39, 0.29) is 0 Å². The van der Waals surface area contributed by atoms with E-state index in [0.717, 1.165) is 39.7 Å². The zero-order valence-electron chi connectivity index (χ0n) is 20.9. The molecule has 0 amide bonds. The predicted molar refractivity (Wildman–Crippen MR) is 146 cm³/mol. The third-order valence-corrected chi connectivity index (χ3v) is 9.07. The molecule has 0 radical (unpaired) electrons. The van der Waals surface area contributed by atoms with Crippen LogP contribution in [0.2, 0.25) is 0 Å². The van der Waals surface area contributed by atoms with Gasteiger partial charge >= 0.3 is 0 Å². The van der Waals surface area contributed by atoms with Gasteiger partial charge in [0.2, 0.25) is 0 Å². The Morgan fingerprint density at radius 2 is 2.00 bits per heavy atom. The first-order valence-electron chi connectivity index (χ1n) is 12.5. The van der Waals surface area contributed by atoms with Crippen molar-refractivity contribution < 1.29 is 0 Å². The van der Waals surface area contributed by atoms with Gasteiger partial charge < -0.3 is 9.80 Å². The molecule has 2 heterocycles. The Labute approximate surface area is 208 Å². The molecule has 4 nitrogen and oxygen atoms in total. The predicted octanol–water partition coefficient (Wildman–Crippen LogP) is 5.59. The van der Waals surface area contributed by atoms with Gasteiger partial charge in [0.15, 0.2) is 0 Å². The molecule has 5 heteroatoms. The molecule has 1 aromatic heterocycles. The molecule has 2 aliphatic rings. The van der Waals surface area contributed by atoms with Gasteiger partial charge in [-0.2, -0.15) is 0 Å². The Balaban J connectivity index is 1.14. The number of likely N-dealkylation sites (tertiary alicyclic amines) is 1. The zero-order chi connectivity index (χ0) is 23.7. The SMILES string of the molecule is C/N=C(/c1cccc2nc(C)ccc12)N(C)C(C)SCCCN1CC2CC2(c2ccccc2)C1. The van der Waals surface area contributed by atoms with Crippen molar-refractivity contribution in [2.24, 2.45) is 10.9 Å². The molecular weight excluding hydrogens is 436 g/mol. The van der Waals surface area contributed by atoms with Crippen LogP contribution in [0.1, 0.15) is 36.6 Å². The van der Waals surface area contributed by atoms with Gasteiger partial charge in [-0.15, -0.1) is 11.8 Å². The molecule has 5 rings (SSSR count). The van der Waals surface area contributed by atoms with E-state index in [1.807, 2.05) is 25.7 Å². The number of nitrogens with zero attached hydrogens (tertiary/aromatic N) is 4. The third kappa shape index (κ3) is 4.48. The Bertz CT molecular complexity index is 1180. The summed E-state index contributed by atoms with van der Waals surface area (Å²) in [6, 6.07) is 21.8. The molecule has 2 fully saturated rings. The first kappa shape index (κ1) is 23.4. The highest BCUT2D eigenvalue weighted by molar-refractivity contribution is 7.99. The number of aromatic nitrogens is 1. The van der Waals surface area contributed by atoms with Crippen molar-refractivity contribution in [1.82, 2.24) is 14.8 Å². The summed E-state index contributed by atoms with van der Waals surface area (Å²) in [6.45, 7) is 8.05. The number of thioether (sulfide) groups is 1. The molecule has 0 bridgehead atoms. The van der Waals surface area contributed by atoms with Gasteiger partial charge in [0, 0.05) is 49.2 Å². The Morgan fingerprint density at radius 1 is 1.18 bits per heavy atom. The summed E-state index contributed by atoms with van der Waals surface area (Å²) in [5, 5.41) is 1.52. The average molecular weight is 473 g/mol. The fourth-order valence-electron chi connectivity index (χ4n) is 5.72. The van der Waals surface area contributed by atoms with Crippen molar-refractivity contribution in [3.8, 4) is 0 Å². The van der Waals surface area contributed by atoms with E-state index in [1.165, 1.54) is 32.5 Å². The van der Waals surface area contributed by atoms with Gasteiger partial charge in [0.1, 0.15) is 5.84 Å². The third-order valence-electron chi connectivity index (χ3n) is 7.75. The number of fused-ring (bicyclic) bond motifs is 2. The Morgan fingerprint density at radius 3 is 2.79 bits per heavy atom. The lowest BCUT2D eigenvalue weighted by Gasteiger charge is -2.28. The first-order chi connectivity index (χ1) is 16.5. The molecule has 1 aliphatic heterocycles. The van der Waals surface area contributed by atoms with Crippen LogP contribution in [0.3, 0.4) is 0 Å². The maximum atomic E-state index is 4.70. The van der Waals surface area contributed by atoms with E-state index in [4.69, 9.17) is 4.98 Å². The summed E-state index contributed by atoms with van der Waals surface area (Å²) >= 11 is 2.02. The fourth-order valence-corrected chi connectivity index (χ4v) is 6.68. The summed E-state index contributed by atoms with van der Waals surface area (Å²) in [5.74, 6) is 3.06. The van der Waals surface area contributed by atoms with Crippen molar-refractivity contribution in [2.45, 2.75) is 37.5 Å². The minimum atomic E-state index is 0.356. The van der Waals surface area contributed by atoms with E-state index < -0.39 is 0 Å². The molecule has 3 atom stereocenters. The molecule has 3 unspecified atom stereocenters. The topological polar surface area (TPSA) is 31.7 Å². The van der Waals surface area contributed by atoms with E-state index in [9.17, 15) is 0 Å². The van der Waals surface area contributed by atoms with Gasteiger partial charge in [-0.1, -0.05) is 48.5 Å². The van der Waals surface area contributed by atoms with Crippen LogP contribution in [-0.2, 0) is 5.41 Å². The molecule has 2 aromatic carbocycles. The number of benzene rings is 2. The maximum Gasteiger partial charge on any atom is 0.131 e. The lowest BCUT2D eigenvalue weighted by Crippen LogP contribution is -2.34. The van der Waals surface area contributed by atoms with E-state index in [1.54, 1.807) is 5.56 Å². The van der Waals surface area contributed by atoms with E-state index in [0.29, 0.717) is 10.8 Å². The van der Waals surface area contributed by atoms with Gasteiger partial charge in [-0.3, -0.25) is 9.98 Å². The highest BCUT2D eigenvalue weighted by atomic mass is 32.2. The molecule has 1 saturated heterocycles. The second-order valence-electron chi connectivity index (χ2n) is 9.96. The van der Waals surface area contributed by atoms with E-state index in [2.05, 4.69) is 89.4 Å². The van der Waals surface area contributed by atoms with Crippen LogP contribution >= 0.6 is 11.8 Å². The normalized spacial score (nSPS) is 23.2. The molecule has 34 heavy (non-hydrogen) atoms. The van der Waals surface area contributed by atoms with Crippen molar-refractivity contribution in [3.05, 3.63) is 77.5 Å². The summed E-state index contributed by atoms with van der Waals surface area (Å²) in [7, 11) is 4.06. The van der Waals surface area contributed by atoms with Crippen LogP contribution in [-0.4, -0.2) is 65.5 Å². The molecular formula is C29H36N4S. The number of pyridine rings is 1. The second kappa shape index (κ2) is 9.71. The van der Waals surface area contributed by atoms with Crippen LogP contribution in [0.15, 0.2) is 65.7 Å². The largest absolute Gasteiger partial charge is 0.348 e. The molecule has 0 N–H and O–H groups in total. The summed E-state index contributed by atoms with van der Waals surface area (Å²) in [5.41, 5.74) is 5.24. The van der Waals surface area contributed by atoms with Crippen LogP contribution in [0.5, 0.6) is 0 Å². The van der Waals surface area contributed by atoms with Crippen LogP contribution in [0.25, 0.3) is 10.9 Å². The second-order valence-corrected chi connectivity index (χ2v) is 11.4. The number of aryl methyl sites for hydroxylation is 1. The number of aliphatic imine (C=N–C) groups is 1. The molecule has 1 aliphatic carbocycles. The summed E-state index contributed by atoms with van der Waals surface area (Å²) in [6.07, 6.45) is 2.61. The molecule has 3 aromatic rings. The number of piperidine rings is 1. The summed E-state index contributed by atoms with van der Waals surface area (Å²) in [4.78, 5) is 14.4. The van der Waals surface area contributed by atoms with Gasteiger partial charge in [0.05, 0.1) is 10.9 Å². The molecule has 178 valence electrons. The minimum absolute atomic E-state index is 0.356.